The van der Waals surface area contributed by atoms with Crippen LogP contribution in [0, 0.1) is 13.8 Å². The van der Waals surface area contributed by atoms with Crippen LogP contribution in [0.5, 0.6) is 0 Å². The molecular formula is C23H24N6O2. The quantitative estimate of drug-likeness (QED) is 0.541. The molecule has 2 aliphatic rings. The molecule has 1 spiro atoms. The summed E-state index contributed by atoms with van der Waals surface area (Å²) in [6.07, 6.45) is 5.85. The van der Waals surface area contributed by atoms with E-state index in [4.69, 9.17) is 4.98 Å². The highest BCUT2D eigenvalue weighted by molar-refractivity contribution is 5.65. The van der Waals surface area contributed by atoms with E-state index < -0.39 is 0 Å². The number of piperazine rings is 1. The lowest BCUT2D eigenvalue weighted by Gasteiger charge is -2.39. The van der Waals surface area contributed by atoms with Gasteiger partial charge in [0.2, 0.25) is 0 Å². The molecule has 1 aliphatic heterocycles. The second kappa shape index (κ2) is 6.38. The maximum atomic E-state index is 13.0. The lowest BCUT2D eigenvalue weighted by Crippen LogP contribution is -2.53. The summed E-state index contributed by atoms with van der Waals surface area (Å²) in [4.78, 5) is 19.9. The molecule has 4 aromatic heterocycles. The van der Waals surface area contributed by atoms with Crippen LogP contribution in [-0.2, 0) is 0 Å². The van der Waals surface area contributed by atoms with Gasteiger partial charge in [0.05, 0.1) is 22.4 Å². The summed E-state index contributed by atoms with van der Waals surface area (Å²) in [5.41, 5.74) is 5.86. The van der Waals surface area contributed by atoms with Gasteiger partial charge in [-0.25, -0.2) is 9.50 Å². The largest absolute Gasteiger partial charge is 0.367 e. The van der Waals surface area contributed by atoms with Crippen LogP contribution < -0.4 is 10.5 Å². The molecule has 2 fully saturated rings. The highest BCUT2D eigenvalue weighted by atomic mass is 16.5. The van der Waals surface area contributed by atoms with Gasteiger partial charge in [-0.1, -0.05) is 0 Å². The van der Waals surface area contributed by atoms with E-state index in [1.54, 1.807) is 10.5 Å². The van der Waals surface area contributed by atoms with Crippen LogP contribution in [0.1, 0.15) is 24.0 Å². The lowest BCUT2D eigenvalue weighted by atomic mass is 10.1. The van der Waals surface area contributed by atoms with Crippen LogP contribution in [0.3, 0.4) is 0 Å². The predicted octanol–water partition coefficient (Wildman–Crippen LogP) is 2.67. The first-order valence-electron chi connectivity index (χ1n) is 10.6. The van der Waals surface area contributed by atoms with E-state index in [-0.39, 0.29) is 11.1 Å². The number of aryl methyl sites for hydroxylation is 2. The number of fused-ring (bicyclic) bond motifs is 2. The van der Waals surface area contributed by atoms with Gasteiger partial charge < -0.3 is 10.1 Å². The summed E-state index contributed by atoms with van der Waals surface area (Å²) in [6.45, 7) is 6.19. The van der Waals surface area contributed by atoms with E-state index in [2.05, 4.69) is 16.1 Å². The van der Waals surface area contributed by atoms with Crippen molar-refractivity contribution in [2.75, 3.05) is 24.5 Å². The molecule has 0 atom stereocenters. The molecule has 1 N–H and O–H groups in total. The standard InChI is InChI=1S/C23H24N6O2/c1-15-9-20-16(2)10-19(25-28(20)12-15)18-11-22(30)27-13-17(3-4-21(27)24-18)26-7-8-29(31)23(14-26)5-6-23/h3-4,9-13,31H,5-8,14H2,1-2H3. The van der Waals surface area contributed by atoms with Gasteiger partial charge >= 0.3 is 0 Å². The number of nitrogens with zero attached hydrogens (tertiary/aromatic N) is 6. The zero-order valence-electron chi connectivity index (χ0n) is 17.6. The average Bonchev–Trinajstić information content (AvgIpc) is 3.42. The maximum absolute atomic E-state index is 13.0. The van der Waals surface area contributed by atoms with Gasteiger partial charge in [0.25, 0.3) is 5.56 Å². The van der Waals surface area contributed by atoms with E-state index in [9.17, 15) is 10.0 Å². The van der Waals surface area contributed by atoms with Crippen molar-refractivity contribution in [1.29, 1.82) is 0 Å². The molecule has 0 unspecified atom stereocenters. The molecule has 0 radical (unpaired) electrons. The van der Waals surface area contributed by atoms with Crippen molar-refractivity contribution in [2.45, 2.75) is 32.2 Å². The molecule has 1 saturated carbocycles. The molecule has 8 heteroatoms. The zero-order chi connectivity index (χ0) is 21.3. The van der Waals surface area contributed by atoms with Crippen LogP contribution in [0.4, 0.5) is 5.69 Å². The van der Waals surface area contributed by atoms with Crippen molar-refractivity contribution < 1.29 is 5.21 Å². The summed E-state index contributed by atoms with van der Waals surface area (Å²) in [5.74, 6) is 0. The Balaban J connectivity index is 1.39. The van der Waals surface area contributed by atoms with E-state index in [1.807, 2.05) is 49.0 Å². The minimum absolute atomic E-state index is 0.112. The van der Waals surface area contributed by atoms with Crippen molar-refractivity contribution >= 4 is 16.9 Å². The Morgan fingerprint density at radius 1 is 1.03 bits per heavy atom. The highest BCUT2D eigenvalue weighted by Gasteiger charge is 2.51. The first-order chi connectivity index (χ1) is 14.9. The van der Waals surface area contributed by atoms with E-state index in [0.717, 1.165) is 48.3 Å². The second-order valence-electron chi connectivity index (χ2n) is 8.92. The molecule has 31 heavy (non-hydrogen) atoms. The van der Waals surface area contributed by atoms with Crippen LogP contribution in [0.2, 0.25) is 0 Å². The number of hydroxylamine groups is 2. The topological polar surface area (TPSA) is 78.4 Å². The van der Waals surface area contributed by atoms with Gasteiger partial charge in [-0.3, -0.25) is 9.20 Å². The van der Waals surface area contributed by atoms with E-state index >= 15 is 0 Å². The first kappa shape index (κ1) is 18.5. The molecule has 1 saturated heterocycles. The fourth-order valence-corrected chi connectivity index (χ4v) is 4.67. The van der Waals surface area contributed by atoms with Gasteiger partial charge in [-0.2, -0.15) is 10.2 Å². The SMILES string of the molecule is Cc1cc2c(C)cc(-c3cc(=O)n4cc(N5CCN(O)C6(CC6)C5)ccc4n3)nn2c1. The van der Waals surface area contributed by atoms with Crippen molar-refractivity contribution in [2.24, 2.45) is 0 Å². The van der Waals surface area contributed by atoms with E-state index in [0.29, 0.717) is 23.6 Å². The normalized spacial score (nSPS) is 18.4. The Hall–Kier alpha value is -3.23. The third kappa shape index (κ3) is 2.94. The molecule has 0 amide bonds. The summed E-state index contributed by atoms with van der Waals surface area (Å²) < 4.78 is 3.44. The number of pyridine rings is 1. The third-order valence-electron chi connectivity index (χ3n) is 6.62. The highest BCUT2D eigenvalue weighted by Crippen LogP contribution is 2.43. The van der Waals surface area contributed by atoms with Gasteiger partial charge in [-0.15, -0.1) is 0 Å². The Kier molecular flexibility index (Phi) is 3.82. The number of anilines is 1. The molecule has 158 valence electrons. The summed E-state index contributed by atoms with van der Waals surface area (Å²) in [5, 5.41) is 16.3. The molecule has 5 heterocycles. The second-order valence-corrected chi connectivity index (χ2v) is 8.92. The van der Waals surface area contributed by atoms with Crippen LogP contribution in [-0.4, -0.2) is 54.4 Å². The van der Waals surface area contributed by atoms with Gasteiger partial charge in [0, 0.05) is 38.1 Å². The zero-order valence-corrected chi connectivity index (χ0v) is 17.6. The van der Waals surface area contributed by atoms with E-state index in [1.165, 1.54) is 5.06 Å². The van der Waals surface area contributed by atoms with Crippen molar-refractivity contribution in [3.8, 4) is 11.4 Å². The number of aromatic nitrogens is 4. The fourth-order valence-electron chi connectivity index (χ4n) is 4.67. The Labute approximate surface area is 178 Å². The molecule has 0 bridgehead atoms. The monoisotopic (exact) mass is 416 g/mol. The van der Waals surface area contributed by atoms with Gasteiger partial charge in [0.1, 0.15) is 11.3 Å². The lowest BCUT2D eigenvalue weighted by molar-refractivity contribution is -0.142. The van der Waals surface area contributed by atoms with Crippen LogP contribution >= 0.6 is 0 Å². The average molecular weight is 416 g/mol. The molecule has 8 nitrogen and oxygen atoms in total. The predicted molar refractivity (Wildman–Crippen MR) is 118 cm³/mol. The molecule has 0 aromatic carbocycles. The third-order valence-corrected chi connectivity index (χ3v) is 6.62. The summed E-state index contributed by atoms with van der Waals surface area (Å²) in [6, 6.07) is 9.51. The van der Waals surface area contributed by atoms with Gasteiger partial charge in [0.15, 0.2) is 0 Å². The first-order valence-corrected chi connectivity index (χ1v) is 10.6. The Bertz CT molecular complexity index is 1400. The molecule has 1 aliphatic carbocycles. The Morgan fingerprint density at radius 3 is 2.68 bits per heavy atom. The Morgan fingerprint density at radius 2 is 1.87 bits per heavy atom. The number of rotatable bonds is 2. The summed E-state index contributed by atoms with van der Waals surface area (Å²) in [7, 11) is 0. The maximum Gasteiger partial charge on any atom is 0.258 e. The van der Waals surface area contributed by atoms with Crippen LogP contribution in [0.15, 0.2) is 47.5 Å². The van der Waals surface area contributed by atoms with Crippen molar-refractivity contribution in [1.82, 2.24) is 24.1 Å². The molecule has 4 aromatic rings. The van der Waals surface area contributed by atoms with Crippen molar-refractivity contribution in [3.63, 3.8) is 0 Å². The number of hydrogen-bond acceptors (Lipinski definition) is 6. The van der Waals surface area contributed by atoms with Gasteiger partial charge in [-0.05, 0) is 62.1 Å². The minimum Gasteiger partial charge on any atom is -0.367 e. The summed E-state index contributed by atoms with van der Waals surface area (Å²) >= 11 is 0. The van der Waals surface area contributed by atoms with Crippen molar-refractivity contribution in [3.05, 3.63) is 64.2 Å². The smallest absolute Gasteiger partial charge is 0.258 e. The molecule has 6 rings (SSSR count). The fraction of sp³-hybridized carbons (Fsp3) is 0.348. The van der Waals surface area contributed by atoms with Crippen LogP contribution in [0.25, 0.3) is 22.6 Å². The minimum atomic E-state index is -0.132. The molecular weight excluding hydrogens is 392 g/mol. The number of hydrogen-bond donors (Lipinski definition) is 1.